The molecule has 0 amide bonds. The quantitative estimate of drug-likeness (QED) is 0.683. The van der Waals surface area contributed by atoms with E-state index in [1.807, 2.05) is 13.8 Å². The van der Waals surface area contributed by atoms with Crippen LogP contribution in [0.2, 0.25) is 0 Å². The molecule has 1 aliphatic rings. The number of hydrogen-bond acceptors (Lipinski definition) is 3. The van der Waals surface area contributed by atoms with E-state index in [2.05, 4.69) is 5.32 Å². The van der Waals surface area contributed by atoms with Crippen molar-refractivity contribution in [2.24, 2.45) is 5.92 Å². The van der Waals surface area contributed by atoms with Gasteiger partial charge >= 0.3 is 0 Å². The molecule has 0 saturated carbocycles. The molecular weight excluding hydrogens is 166 g/mol. The average molecular weight is 187 g/mol. The van der Waals surface area contributed by atoms with E-state index in [1.54, 1.807) is 0 Å². The molecule has 0 aromatic rings. The predicted molar refractivity (Wildman–Crippen MR) is 52.7 cm³/mol. The van der Waals surface area contributed by atoms with E-state index < -0.39 is 0 Å². The van der Waals surface area contributed by atoms with Crippen molar-refractivity contribution in [1.82, 2.24) is 5.32 Å². The molecule has 0 aromatic heterocycles. The van der Waals surface area contributed by atoms with Crippen LogP contribution >= 0.6 is 0 Å². The van der Waals surface area contributed by atoms with Crippen molar-refractivity contribution in [1.29, 1.82) is 0 Å². The van der Waals surface area contributed by atoms with Crippen molar-refractivity contribution in [3.8, 4) is 0 Å². The predicted octanol–water partition coefficient (Wildman–Crippen LogP) is 0.772. The van der Waals surface area contributed by atoms with E-state index in [0.29, 0.717) is 12.0 Å². The van der Waals surface area contributed by atoms with E-state index >= 15 is 0 Å². The molecule has 2 N–H and O–H groups in total. The van der Waals surface area contributed by atoms with Crippen LogP contribution in [-0.2, 0) is 4.74 Å². The van der Waals surface area contributed by atoms with Crippen molar-refractivity contribution < 1.29 is 9.84 Å². The van der Waals surface area contributed by atoms with Gasteiger partial charge in [-0.3, -0.25) is 0 Å². The zero-order valence-electron chi connectivity index (χ0n) is 8.62. The second-order valence-corrected chi connectivity index (χ2v) is 4.03. The Bertz CT molecular complexity index is 139. The Morgan fingerprint density at radius 1 is 1.54 bits per heavy atom. The molecule has 1 saturated heterocycles. The standard InChI is InChI=1S/C10H21NO2/c1-8(2)13-6-4-9-7-11-5-3-10(9)12/h8-12H,3-7H2,1-2H3. The third kappa shape index (κ3) is 4.07. The van der Waals surface area contributed by atoms with Gasteiger partial charge in [-0.1, -0.05) is 0 Å². The highest BCUT2D eigenvalue weighted by Gasteiger charge is 2.22. The van der Waals surface area contributed by atoms with Crippen LogP contribution in [-0.4, -0.2) is 37.0 Å². The number of nitrogens with one attached hydrogen (secondary N) is 1. The molecule has 0 radical (unpaired) electrons. The fraction of sp³-hybridized carbons (Fsp3) is 1.00. The first-order chi connectivity index (χ1) is 6.20. The third-order valence-electron chi connectivity index (χ3n) is 2.51. The Morgan fingerprint density at radius 3 is 2.92 bits per heavy atom. The Kier molecular flexibility index (Phi) is 4.70. The van der Waals surface area contributed by atoms with Crippen molar-refractivity contribution >= 4 is 0 Å². The van der Waals surface area contributed by atoms with E-state index in [4.69, 9.17) is 4.74 Å². The topological polar surface area (TPSA) is 41.5 Å². The van der Waals surface area contributed by atoms with Crippen molar-refractivity contribution in [2.75, 3.05) is 19.7 Å². The van der Waals surface area contributed by atoms with Gasteiger partial charge in [0.1, 0.15) is 0 Å². The van der Waals surface area contributed by atoms with Gasteiger partial charge in [0, 0.05) is 13.2 Å². The van der Waals surface area contributed by atoms with Crippen molar-refractivity contribution in [3.63, 3.8) is 0 Å². The lowest BCUT2D eigenvalue weighted by molar-refractivity contribution is 0.0289. The first-order valence-corrected chi connectivity index (χ1v) is 5.20. The molecule has 0 aliphatic carbocycles. The minimum Gasteiger partial charge on any atom is -0.393 e. The van der Waals surface area contributed by atoms with Gasteiger partial charge in [-0.15, -0.1) is 0 Å². The van der Waals surface area contributed by atoms with Gasteiger partial charge in [0.15, 0.2) is 0 Å². The molecule has 2 atom stereocenters. The molecule has 1 fully saturated rings. The SMILES string of the molecule is CC(C)OCCC1CNCCC1O. The van der Waals surface area contributed by atoms with Crippen LogP contribution in [0.3, 0.4) is 0 Å². The lowest BCUT2D eigenvalue weighted by Crippen LogP contribution is -2.40. The maximum atomic E-state index is 9.64. The molecule has 13 heavy (non-hydrogen) atoms. The molecule has 0 aromatic carbocycles. The highest BCUT2D eigenvalue weighted by atomic mass is 16.5. The van der Waals surface area contributed by atoms with E-state index in [1.165, 1.54) is 0 Å². The monoisotopic (exact) mass is 187 g/mol. The number of rotatable bonds is 4. The van der Waals surface area contributed by atoms with Crippen molar-refractivity contribution in [2.45, 2.75) is 38.9 Å². The summed E-state index contributed by atoms with van der Waals surface area (Å²) in [5.41, 5.74) is 0. The third-order valence-corrected chi connectivity index (χ3v) is 2.51. The molecule has 1 aliphatic heterocycles. The van der Waals surface area contributed by atoms with Crippen molar-refractivity contribution in [3.05, 3.63) is 0 Å². The minimum atomic E-state index is -0.128. The van der Waals surface area contributed by atoms with Crippen LogP contribution in [0.4, 0.5) is 0 Å². The molecule has 1 heterocycles. The van der Waals surface area contributed by atoms with Crippen LogP contribution in [0.15, 0.2) is 0 Å². The fourth-order valence-electron chi connectivity index (χ4n) is 1.66. The Morgan fingerprint density at radius 2 is 2.31 bits per heavy atom. The molecule has 78 valence electrons. The number of piperidine rings is 1. The molecule has 0 spiro atoms. The average Bonchev–Trinajstić information content (AvgIpc) is 2.08. The van der Waals surface area contributed by atoms with E-state index in [-0.39, 0.29) is 6.10 Å². The summed E-state index contributed by atoms with van der Waals surface area (Å²) in [4.78, 5) is 0. The molecule has 3 heteroatoms. The van der Waals surface area contributed by atoms with Crippen LogP contribution in [0.25, 0.3) is 0 Å². The highest BCUT2D eigenvalue weighted by Crippen LogP contribution is 2.15. The van der Waals surface area contributed by atoms with Gasteiger partial charge in [-0.05, 0) is 39.2 Å². The second-order valence-electron chi connectivity index (χ2n) is 4.03. The Labute approximate surface area is 80.5 Å². The molecule has 0 bridgehead atoms. The highest BCUT2D eigenvalue weighted by molar-refractivity contribution is 4.76. The molecule has 2 unspecified atom stereocenters. The first kappa shape index (κ1) is 11.0. The number of hydrogen-bond donors (Lipinski definition) is 2. The van der Waals surface area contributed by atoms with Gasteiger partial charge in [-0.2, -0.15) is 0 Å². The summed E-state index contributed by atoms with van der Waals surface area (Å²) >= 11 is 0. The van der Waals surface area contributed by atoms with E-state index in [0.717, 1.165) is 32.5 Å². The molecule has 1 rings (SSSR count). The minimum absolute atomic E-state index is 0.128. The van der Waals surface area contributed by atoms with E-state index in [9.17, 15) is 5.11 Å². The summed E-state index contributed by atoms with van der Waals surface area (Å²) in [5.74, 6) is 0.382. The molecule has 3 nitrogen and oxygen atoms in total. The van der Waals surface area contributed by atoms with Crippen LogP contribution in [0.1, 0.15) is 26.7 Å². The van der Waals surface area contributed by atoms with Gasteiger partial charge in [0.2, 0.25) is 0 Å². The van der Waals surface area contributed by atoms with Gasteiger partial charge in [-0.25, -0.2) is 0 Å². The lowest BCUT2D eigenvalue weighted by Gasteiger charge is -2.28. The van der Waals surface area contributed by atoms with Gasteiger partial charge < -0.3 is 15.2 Å². The summed E-state index contributed by atoms with van der Waals surface area (Å²) < 4.78 is 5.45. The molecular formula is C10H21NO2. The lowest BCUT2D eigenvalue weighted by atomic mass is 9.93. The Balaban J connectivity index is 2.11. The summed E-state index contributed by atoms with van der Waals surface area (Å²) in [5, 5.41) is 12.9. The summed E-state index contributed by atoms with van der Waals surface area (Å²) in [6.45, 7) is 6.72. The van der Waals surface area contributed by atoms with Gasteiger partial charge in [0.25, 0.3) is 0 Å². The summed E-state index contributed by atoms with van der Waals surface area (Å²) in [6, 6.07) is 0. The maximum Gasteiger partial charge on any atom is 0.0593 e. The summed E-state index contributed by atoms with van der Waals surface area (Å²) in [6.07, 6.45) is 2.02. The number of ether oxygens (including phenoxy) is 1. The summed E-state index contributed by atoms with van der Waals surface area (Å²) in [7, 11) is 0. The zero-order valence-corrected chi connectivity index (χ0v) is 8.62. The largest absolute Gasteiger partial charge is 0.393 e. The van der Waals surface area contributed by atoms with Crippen LogP contribution in [0, 0.1) is 5.92 Å². The Hall–Kier alpha value is -0.120. The second kappa shape index (κ2) is 5.58. The smallest absolute Gasteiger partial charge is 0.0593 e. The zero-order chi connectivity index (χ0) is 9.68. The fourth-order valence-corrected chi connectivity index (χ4v) is 1.66. The maximum absolute atomic E-state index is 9.64. The van der Waals surface area contributed by atoms with Crippen LogP contribution in [0.5, 0.6) is 0 Å². The van der Waals surface area contributed by atoms with Gasteiger partial charge in [0.05, 0.1) is 12.2 Å². The number of aliphatic hydroxyl groups is 1. The first-order valence-electron chi connectivity index (χ1n) is 5.20. The number of aliphatic hydroxyl groups excluding tert-OH is 1. The van der Waals surface area contributed by atoms with Crippen LogP contribution < -0.4 is 5.32 Å². The normalized spacial score (nSPS) is 29.5.